The summed E-state index contributed by atoms with van der Waals surface area (Å²) in [6.45, 7) is 1.36. The van der Waals surface area contributed by atoms with Crippen LogP contribution in [-0.4, -0.2) is 16.1 Å². The Morgan fingerprint density at radius 2 is 2.00 bits per heavy atom. The Labute approximate surface area is 75.8 Å². The van der Waals surface area contributed by atoms with Gasteiger partial charge in [-0.1, -0.05) is 18.2 Å². The van der Waals surface area contributed by atoms with Gasteiger partial charge in [0.25, 0.3) is 0 Å². The van der Waals surface area contributed by atoms with Crippen LogP contribution in [0.5, 0.6) is 0 Å². The molecule has 13 heavy (non-hydrogen) atoms. The molecule has 0 saturated heterocycles. The molecule has 0 heterocycles. The summed E-state index contributed by atoms with van der Waals surface area (Å²) in [6, 6.07) is 6.52. The molecular formula is C9H11NO3. The molecule has 0 aliphatic rings. The first-order valence-corrected chi connectivity index (χ1v) is 3.84. The largest absolute Gasteiger partial charge is 0.364 e. The molecule has 0 bridgehead atoms. The number of benzene rings is 1. The van der Waals surface area contributed by atoms with Crippen molar-refractivity contribution in [2.24, 2.45) is 0 Å². The molecule has 3 N–H and O–H groups in total. The number of amides is 1. The average molecular weight is 181 g/mol. The first-order valence-electron chi connectivity index (χ1n) is 3.84. The fraction of sp³-hybridized carbons (Fsp3) is 0.222. The summed E-state index contributed by atoms with van der Waals surface area (Å²) in [5, 5.41) is 20.3. The van der Waals surface area contributed by atoms with Crippen LogP contribution in [0.3, 0.4) is 0 Å². The number of hydrogen-bond acceptors (Lipinski definition) is 3. The maximum atomic E-state index is 10.7. The maximum Gasteiger partial charge on any atom is 0.221 e. The molecule has 1 amide bonds. The molecule has 1 aromatic rings. The third-order valence-electron chi connectivity index (χ3n) is 1.55. The summed E-state index contributed by atoms with van der Waals surface area (Å²) in [7, 11) is 0. The molecule has 0 aliphatic heterocycles. The van der Waals surface area contributed by atoms with E-state index in [1.54, 1.807) is 18.2 Å². The molecule has 0 spiro atoms. The van der Waals surface area contributed by atoms with Gasteiger partial charge in [0.15, 0.2) is 6.29 Å². The van der Waals surface area contributed by atoms with E-state index >= 15 is 0 Å². The standard InChI is InChI=1S/C9H11NO3/c1-6(11)10-8-5-3-2-4-7(8)9(12)13/h2-5,9,12-13H,1H3,(H,10,11). The average Bonchev–Trinajstić information content (AvgIpc) is 2.03. The van der Waals surface area contributed by atoms with Crippen LogP contribution >= 0.6 is 0 Å². The van der Waals surface area contributed by atoms with Gasteiger partial charge in [0.1, 0.15) is 0 Å². The fourth-order valence-electron chi connectivity index (χ4n) is 1.03. The number of nitrogens with one attached hydrogen (secondary N) is 1. The van der Waals surface area contributed by atoms with E-state index in [0.717, 1.165) is 0 Å². The predicted octanol–water partition coefficient (Wildman–Crippen LogP) is 0.628. The predicted molar refractivity (Wildman–Crippen MR) is 47.9 cm³/mol. The zero-order valence-corrected chi connectivity index (χ0v) is 7.19. The molecule has 0 aromatic heterocycles. The Kier molecular flexibility index (Phi) is 3.00. The number of anilines is 1. The fourth-order valence-corrected chi connectivity index (χ4v) is 1.03. The van der Waals surface area contributed by atoms with Gasteiger partial charge in [-0.05, 0) is 6.07 Å². The Morgan fingerprint density at radius 3 is 2.54 bits per heavy atom. The van der Waals surface area contributed by atoms with Crippen LogP contribution in [0.25, 0.3) is 0 Å². The number of carbonyl (C=O) groups excluding carboxylic acids is 1. The van der Waals surface area contributed by atoms with Crippen LogP contribution < -0.4 is 5.32 Å². The lowest BCUT2D eigenvalue weighted by molar-refractivity contribution is -0.114. The molecular weight excluding hydrogens is 170 g/mol. The van der Waals surface area contributed by atoms with Crippen LogP contribution in [0.1, 0.15) is 18.8 Å². The van der Waals surface area contributed by atoms with Crippen molar-refractivity contribution in [3.8, 4) is 0 Å². The van der Waals surface area contributed by atoms with Crippen molar-refractivity contribution in [1.29, 1.82) is 0 Å². The number of para-hydroxylation sites is 1. The number of hydrogen-bond donors (Lipinski definition) is 3. The molecule has 4 nitrogen and oxygen atoms in total. The van der Waals surface area contributed by atoms with Gasteiger partial charge in [0, 0.05) is 18.2 Å². The number of carbonyl (C=O) groups is 1. The molecule has 0 atom stereocenters. The minimum atomic E-state index is -1.57. The van der Waals surface area contributed by atoms with Crippen LogP contribution in [-0.2, 0) is 4.79 Å². The maximum absolute atomic E-state index is 10.7. The summed E-state index contributed by atoms with van der Waals surface area (Å²) >= 11 is 0. The van der Waals surface area contributed by atoms with Crippen molar-refractivity contribution in [3.63, 3.8) is 0 Å². The highest BCUT2D eigenvalue weighted by molar-refractivity contribution is 5.89. The quantitative estimate of drug-likeness (QED) is 0.586. The van der Waals surface area contributed by atoms with Crippen molar-refractivity contribution in [2.75, 3.05) is 5.32 Å². The summed E-state index contributed by atoms with van der Waals surface area (Å²) in [5.74, 6) is -0.242. The second kappa shape index (κ2) is 4.02. The first-order chi connectivity index (χ1) is 6.11. The lowest BCUT2D eigenvalue weighted by Gasteiger charge is -2.10. The zero-order valence-electron chi connectivity index (χ0n) is 7.19. The van der Waals surface area contributed by atoms with E-state index < -0.39 is 6.29 Å². The highest BCUT2D eigenvalue weighted by Gasteiger charge is 2.08. The van der Waals surface area contributed by atoms with Gasteiger partial charge in [-0.15, -0.1) is 0 Å². The summed E-state index contributed by atoms with van der Waals surface area (Å²) in [6.07, 6.45) is -1.57. The Bertz CT molecular complexity index is 309. The molecule has 1 rings (SSSR count). The van der Waals surface area contributed by atoms with E-state index in [-0.39, 0.29) is 11.5 Å². The highest BCUT2D eigenvalue weighted by atomic mass is 16.5. The van der Waals surface area contributed by atoms with E-state index in [1.165, 1.54) is 13.0 Å². The monoisotopic (exact) mass is 181 g/mol. The van der Waals surface area contributed by atoms with E-state index in [2.05, 4.69) is 5.32 Å². The molecule has 0 fully saturated rings. The second-order valence-electron chi connectivity index (χ2n) is 2.64. The first kappa shape index (κ1) is 9.70. The van der Waals surface area contributed by atoms with Crippen molar-refractivity contribution < 1.29 is 15.0 Å². The van der Waals surface area contributed by atoms with Gasteiger partial charge < -0.3 is 15.5 Å². The van der Waals surface area contributed by atoms with Gasteiger partial charge in [-0.2, -0.15) is 0 Å². The van der Waals surface area contributed by atoms with Crippen LogP contribution in [0, 0.1) is 0 Å². The minimum Gasteiger partial charge on any atom is -0.364 e. The van der Waals surface area contributed by atoms with Crippen molar-refractivity contribution >= 4 is 11.6 Å². The van der Waals surface area contributed by atoms with Crippen LogP contribution in [0.4, 0.5) is 5.69 Å². The Balaban J connectivity index is 2.97. The highest BCUT2D eigenvalue weighted by Crippen LogP contribution is 2.20. The molecule has 0 aliphatic carbocycles. The lowest BCUT2D eigenvalue weighted by Crippen LogP contribution is -2.09. The summed E-state index contributed by atoms with van der Waals surface area (Å²) < 4.78 is 0. The molecule has 1 aromatic carbocycles. The van der Waals surface area contributed by atoms with Gasteiger partial charge in [-0.3, -0.25) is 4.79 Å². The van der Waals surface area contributed by atoms with Gasteiger partial charge in [-0.25, -0.2) is 0 Å². The third kappa shape index (κ3) is 2.54. The Morgan fingerprint density at radius 1 is 1.38 bits per heavy atom. The SMILES string of the molecule is CC(=O)Nc1ccccc1C(O)O. The third-order valence-corrected chi connectivity index (χ3v) is 1.55. The second-order valence-corrected chi connectivity index (χ2v) is 2.64. The topological polar surface area (TPSA) is 69.6 Å². The number of aliphatic hydroxyl groups is 2. The molecule has 4 heteroatoms. The van der Waals surface area contributed by atoms with Crippen LogP contribution in [0.2, 0.25) is 0 Å². The normalized spacial score (nSPS) is 10.2. The van der Waals surface area contributed by atoms with E-state index in [1.807, 2.05) is 0 Å². The van der Waals surface area contributed by atoms with E-state index in [4.69, 9.17) is 10.2 Å². The smallest absolute Gasteiger partial charge is 0.221 e. The van der Waals surface area contributed by atoms with E-state index in [0.29, 0.717) is 5.69 Å². The molecule has 70 valence electrons. The van der Waals surface area contributed by atoms with E-state index in [9.17, 15) is 4.79 Å². The van der Waals surface area contributed by atoms with Gasteiger partial charge >= 0.3 is 0 Å². The zero-order chi connectivity index (χ0) is 9.84. The van der Waals surface area contributed by atoms with Crippen molar-refractivity contribution in [3.05, 3.63) is 29.8 Å². The molecule has 0 saturated carbocycles. The van der Waals surface area contributed by atoms with Crippen molar-refractivity contribution in [2.45, 2.75) is 13.2 Å². The van der Waals surface area contributed by atoms with Gasteiger partial charge in [0.05, 0.1) is 0 Å². The molecule has 0 radical (unpaired) electrons. The molecule has 0 unspecified atom stereocenters. The minimum absolute atomic E-state index is 0.242. The van der Waals surface area contributed by atoms with Gasteiger partial charge in [0.2, 0.25) is 5.91 Å². The Hall–Kier alpha value is -1.39. The van der Waals surface area contributed by atoms with Crippen LogP contribution in [0.15, 0.2) is 24.3 Å². The summed E-state index contributed by atoms with van der Waals surface area (Å²) in [4.78, 5) is 10.7. The summed E-state index contributed by atoms with van der Waals surface area (Å²) in [5.41, 5.74) is 0.711. The lowest BCUT2D eigenvalue weighted by atomic mass is 10.1. The number of rotatable bonds is 2. The number of aliphatic hydroxyl groups excluding tert-OH is 1. The van der Waals surface area contributed by atoms with Crippen molar-refractivity contribution in [1.82, 2.24) is 0 Å².